The van der Waals surface area contributed by atoms with Crippen molar-refractivity contribution in [1.82, 2.24) is 0 Å². The Balaban J connectivity index is 1.64. The number of carbonyl (C=O) groups is 1. The fourth-order valence-corrected chi connectivity index (χ4v) is 2.95. The normalized spacial score (nSPS) is 10.4. The molecule has 3 rings (SSSR count). The maximum Gasteiger partial charge on any atom is 0.255 e. The molecule has 0 saturated heterocycles. The van der Waals surface area contributed by atoms with Crippen LogP contribution in [0.3, 0.4) is 0 Å². The molecule has 1 amide bonds. The Morgan fingerprint density at radius 1 is 0.885 bits per heavy atom. The SMILES string of the molecule is O=C(Nc1c(Cl)cccc1Cl)c1cccc(OCCc2ccccc2)c1. The molecule has 5 heteroatoms. The first kappa shape index (κ1) is 18.3. The van der Waals surface area contributed by atoms with Crippen LogP contribution >= 0.6 is 23.2 Å². The topological polar surface area (TPSA) is 38.3 Å². The lowest BCUT2D eigenvalue weighted by atomic mass is 10.1. The molecule has 0 radical (unpaired) electrons. The van der Waals surface area contributed by atoms with E-state index >= 15 is 0 Å². The third kappa shape index (κ3) is 4.78. The molecular formula is C21H17Cl2NO2. The van der Waals surface area contributed by atoms with Crippen LogP contribution in [-0.4, -0.2) is 12.5 Å². The van der Waals surface area contributed by atoms with Crippen molar-refractivity contribution in [3.05, 3.63) is 94.0 Å². The summed E-state index contributed by atoms with van der Waals surface area (Å²) in [7, 11) is 0. The largest absolute Gasteiger partial charge is 0.493 e. The number of nitrogens with one attached hydrogen (secondary N) is 1. The molecule has 132 valence electrons. The summed E-state index contributed by atoms with van der Waals surface area (Å²) < 4.78 is 5.77. The number of anilines is 1. The quantitative estimate of drug-likeness (QED) is 0.576. The molecule has 26 heavy (non-hydrogen) atoms. The van der Waals surface area contributed by atoms with Crippen LogP contribution in [0.1, 0.15) is 15.9 Å². The van der Waals surface area contributed by atoms with Crippen LogP contribution in [0.4, 0.5) is 5.69 Å². The van der Waals surface area contributed by atoms with Gasteiger partial charge in [0, 0.05) is 12.0 Å². The van der Waals surface area contributed by atoms with Crippen molar-refractivity contribution >= 4 is 34.8 Å². The Bertz CT molecular complexity index is 877. The van der Waals surface area contributed by atoms with Crippen molar-refractivity contribution in [3.63, 3.8) is 0 Å². The lowest BCUT2D eigenvalue weighted by molar-refractivity contribution is 0.102. The Labute approximate surface area is 162 Å². The number of hydrogen-bond donors (Lipinski definition) is 1. The lowest BCUT2D eigenvalue weighted by Crippen LogP contribution is -2.13. The highest BCUT2D eigenvalue weighted by atomic mass is 35.5. The standard InChI is InChI=1S/C21H17Cl2NO2/c22-18-10-5-11-19(23)20(18)24-21(25)16-8-4-9-17(14-16)26-13-12-15-6-2-1-3-7-15/h1-11,14H,12-13H2,(H,24,25). The number of benzene rings is 3. The first-order valence-corrected chi connectivity index (χ1v) is 8.91. The molecule has 0 spiro atoms. The summed E-state index contributed by atoms with van der Waals surface area (Å²) in [5.41, 5.74) is 2.07. The highest BCUT2D eigenvalue weighted by molar-refractivity contribution is 6.40. The average Bonchev–Trinajstić information content (AvgIpc) is 2.66. The van der Waals surface area contributed by atoms with Gasteiger partial charge in [-0.05, 0) is 35.9 Å². The molecule has 3 aromatic carbocycles. The van der Waals surface area contributed by atoms with Crippen molar-refractivity contribution in [3.8, 4) is 5.75 Å². The van der Waals surface area contributed by atoms with Gasteiger partial charge in [-0.15, -0.1) is 0 Å². The van der Waals surface area contributed by atoms with E-state index in [1.807, 2.05) is 24.3 Å². The minimum Gasteiger partial charge on any atom is -0.493 e. The molecule has 0 unspecified atom stereocenters. The smallest absolute Gasteiger partial charge is 0.255 e. The second kappa shape index (κ2) is 8.75. The van der Waals surface area contributed by atoms with Gasteiger partial charge in [-0.2, -0.15) is 0 Å². The molecule has 0 bridgehead atoms. The Morgan fingerprint density at radius 2 is 1.58 bits per heavy atom. The number of para-hydroxylation sites is 1. The summed E-state index contributed by atoms with van der Waals surface area (Å²) >= 11 is 12.2. The summed E-state index contributed by atoms with van der Waals surface area (Å²) in [5, 5.41) is 3.53. The first-order chi connectivity index (χ1) is 12.6. The number of amides is 1. The van der Waals surface area contributed by atoms with Crippen LogP contribution in [0, 0.1) is 0 Å². The van der Waals surface area contributed by atoms with E-state index < -0.39 is 0 Å². The van der Waals surface area contributed by atoms with Crippen molar-refractivity contribution in [2.24, 2.45) is 0 Å². The third-order valence-electron chi connectivity index (χ3n) is 3.80. The van der Waals surface area contributed by atoms with Crippen LogP contribution in [0.25, 0.3) is 0 Å². The summed E-state index contributed by atoms with van der Waals surface area (Å²) in [6.07, 6.45) is 0.798. The first-order valence-electron chi connectivity index (χ1n) is 8.15. The predicted molar refractivity (Wildman–Crippen MR) is 106 cm³/mol. The lowest BCUT2D eigenvalue weighted by Gasteiger charge is -2.11. The summed E-state index contributed by atoms with van der Waals surface area (Å²) in [6.45, 7) is 0.533. The van der Waals surface area contributed by atoms with Gasteiger partial charge in [-0.25, -0.2) is 0 Å². The van der Waals surface area contributed by atoms with Gasteiger partial charge in [0.25, 0.3) is 5.91 Å². The second-order valence-electron chi connectivity index (χ2n) is 5.66. The zero-order valence-corrected chi connectivity index (χ0v) is 15.4. The molecule has 0 aliphatic rings. The van der Waals surface area contributed by atoms with Gasteiger partial charge in [0.05, 0.1) is 22.3 Å². The van der Waals surface area contributed by atoms with Crippen molar-refractivity contribution < 1.29 is 9.53 Å². The van der Waals surface area contributed by atoms with E-state index in [9.17, 15) is 4.79 Å². The fraction of sp³-hybridized carbons (Fsp3) is 0.0952. The summed E-state index contributed by atoms with van der Waals surface area (Å²) in [6, 6.07) is 22.2. The number of ether oxygens (including phenoxy) is 1. The highest BCUT2D eigenvalue weighted by Crippen LogP contribution is 2.30. The fourth-order valence-electron chi connectivity index (χ4n) is 2.46. The van der Waals surface area contributed by atoms with E-state index in [-0.39, 0.29) is 5.91 Å². The molecule has 0 aliphatic carbocycles. The molecule has 1 N–H and O–H groups in total. The molecule has 0 atom stereocenters. The van der Waals surface area contributed by atoms with Crippen molar-refractivity contribution in [1.29, 1.82) is 0 Å². The average molecular weight is 386 g/mol. The summed E-state index contributed by atoms with van der Waals surface area (Å²) in [5.74, 6) is 0.340. The van der Waals surface area contributed by atoms with Gasteiger partial charge in [0.15, 0.2) is 0 Å². The van der Waals surface area contributed by atoms with E-state index in [1.165, 1.54) is 5.56 Å². The molecular weight excluding hydrogens is 369 g/mol. The van der Waals surface area contributed by atoms with Crippen molar-refractivity contribution in [2.45, 2.75) is 6.42 Å². The number of halogens is 2. The predicted octanol–water partition coefficient (Wildman–Crippen LogP) is 5.87. The van der Waals surface area contributed by atoms with E-state index in [2.05, 4.69) is 17.4 Å². The van der Waals surface area contributed by atoms with Gasteiger partial charge in [-0.3, -0.25) is 4.79 Å². The zero-order valence-electron chi connectivity index (χ0n) is 13.9. The van der Waals surface area contributed by atoms with Gasteiger partial charge < -0.3 is 10.1 Å². The van der Waals surface area contributed by atoms with Gasteiger partial charge in [0.2, 0.25) is 0 Å². The molecule has 0 aromatic heterocycles. The Hall–Kier alpha value is -2.49. The highest BCUT2D eigenvalue weighted by Gasteiger charge is 2.12. The molecule has 3 nitrogen and oxygen atoms in total. The number of rotatable bonds is 6. The number of carbonyl (C=O) groups excluding carboxylic acids is 1. The van der Waals surface area contributed by atoms with E-state index in [1.54, 1.807) is 36.4 Å². The maximum atomic E-state index is 12.5. The molecule has 0 heterocycles. The van der Waals surface area contributed by atoms with Crippen LogP contribution < -0.4 is 10.1 Å². The molecule has 0 fully saturated rings. The monoisotopic (exact) mass is 385 g/mol. The molecule has 3 aromatic rings. The van der Waals surface area contributed by atoms with E-state index in [4.69, 9.17) is 27.9 Å². The second-order valence-corrected chi connectivity index (χ2v) is 6.48. The van der Waals surface area contributed by atoms with Crippen molar-refractivity contribution in [2.75, 3.05) is 11.9 Å². The molecule has 0 saturated carbocycles. The third-order valence-corrected chi connectivity index (χ3v) is 4.43. The minimum absolute atomic E-state index is 0.298. The number of hydrogen-bond acceptors (Lipinski definition) is 2. The van der Waals surface area contributed by atoms with Crippen LogP contribution in [-0.2, 0) is 6.42 Å². The van der Waals surface area contributed by atoms with Crippen LogP contribution in [0.2, 0.25) is 10.0 Å². The van der Waals surface area contributed by atoms with Gasteiger partial charge >= 0.3 is 0 Å². The van der Waals surface area contributed by atoms with Gasteiger partial charge in [0.1, 0.15) is 5.75 Å². The van der Waals surface area contributed by atoms with Gasteiger partial charge in [-0.1, -0.05) is 65.7 Å². The minimum atomic E-state index is -0.298. The maximum absolute atomic E-state index is 12.5. The van der Waals surface area contributed by atoms with E-state index in [0.717, 1.165) is 6.42 Å². The molecule has 0 aliphatic heterocycles. The van der Waals surface area contributed by atoms with Crippen LogP contribution in [0.5, 0.6) is 5.75 Å². The van der Waals surface area contributed by atoms with Crippen LogP contribution in [0.15, 0.2) is 72.8 Å². The zero-order chi connectivity index (χ0) is 18.4. The Kier molecular flexibility index (Phi) is 6.16. The van der Waals surface area contributed by atoms with E-state index in [0.29, 0.717) is 33.7 Å². The Morgan fingerprint density at radius 3 is 2.31 bits per heavy atom. The summed E-state index contributed by atoms with van der Waals surface area (Å²) in [4.78, 5) is 12.5.